The topological polar surface area (TPSA) is 83.9 Å². The number of benzene rings is 4. The number of carbonyl (C=O) groups excluding carboxylic acids is 1. The van der Waals surface area contributed by atoms with Gasteiger partial charge in [-0.3, -0.25) is 14.7 Å². The van der Waals surface area contributed by atoms with E-state index >= 15 is 0 Å². The summed E-state index contributed by atoms with van der Waals surface area (Å²) >= 11 is 0. The lowest BCUT2D eigenvalue weighted by atomic mass is 10.1. The number of alkyl halides is 3. The molecule has 0 aliphatic carbocycles. The highest BCUT2D eigenvalue weighted by Gasteiger charge is 2.28. The molecule has 2 N–H and O–H groups in total. The summed E-state index contributed by atoms with van der Waals surface area (Å²) in [4.78, 5) is 18.6. The second-order valence-corrected chi connectivity index (χ2v) is 10.8. The minimum atomic E-state index is -4.50. The molecule has 0 bridgehead atoms. The number of hydrogen-bond acceptors (Lipinski definition) is 6. The summed E-state index contributed by atoms with van der Waals surface area (Å²) in [5, 5.41) is 13.2. The summed E-state index contributed by atoms with van der Waals surface area (Å²) in [5.41, 5.74) is 2.74. The molecule has 0 saturated carbocycles. The van der Waals surface area contributed by atoms with E-state index in [1.807, 2.05) is 78.1 Å². The smallest absolute Gasteiger partial charge is 0.405 e. The Balaban J connectivity index is 1.19. The Bertz CT molecular complexity index is 1700. The Labute approximate surface area is 265 Å². The largest absolute Gasteiger partial charge is 0.491 e. The van der Waals surface area contributed by atoms with Gasteiger partial charge in [-0.1, -0.05) is 60.7 Å². The average molecular weight is 630 g/mol. The molecule has 5 rings (SSSR count). The van der Waals surface area contributed by atoms with Crippen molar-refractivity contribution in [3.05, 3.63) is 132 Å². The molecule has 0 radical (unpaired) electrons. The fourth-order valence-electron chi connectivity index (χ4n) is 4.91. The van der Waals surface area contributed by atoms with E-state index in [0.29, 0.717) is 42.0 Å². The number of nitrogens with zero attached hydrogens (tertiary/aromatic N) is 2. The molecule has 1 aromatic heterocycles. The number of halogens is 3. The van der Waals surface area contributed by atoms with Crippen molar-refractivity contribution >= 4 is 16.8 Å². The Morgan fingerprint density at radius 2 is 1.59 bits per heavy atom. The molecule has 0 aliphatic rings. The van der Waals surface area contributed by atoms with Gasteiger partial charge < -0.3 is 19.9 Å². The minimum Gasteiger partial charge on any atom is -0.491 e. The van der Waals surface area contributed by atoms with E-state index in [0.717, 1.165) is 23.3 Å². The molecule has 0 spiro atoms. The molecule has 0 fully saturated rings. The summed E-state index contributed by atoms with van der Waals surface area (Å²) in [6.07, 6.45) is -2.90. The Morgan fingerprint density at radius 1 is 0.870 bits per heavy atom. The Morgan fingerprint density at radius 3 is 2.30 bits per heavy atom. The van der Waals surface area contributed by atoms with Crippen LogP contribution in [-0.2, 0) is 13.0 Å². The molecule has 1 unspecified atom stereocenters. The van der Waals surface area contributed by atoms with Crippen LogP contribution in [0.4, 0.5) is 13.2 Å². The molecule has 0 saturated heterocycles. The highest BCUT2D eigenvalue weighted by atomic mass is 19.4. The van der Waals surface area contributed by atoms with Crippen LogP contribution in [0.3, 0.4) is 0 Å². The van der Waals surface area contributed by atoms with Gasteiger partial charge in [0.05, 0.1) is 5.52 Å². The summed E-state index contributed by atoms with van der Waals surface area (Å²) in [6, 6.07) is 33.4. The summed E-state index contributed by atoms with van der Waals surface area (Å²) in [7, 11) is 0. The van der Waals surface area contributed by atoms with Crippen LogP contribution < -0.4 is 14.8 Å². The molecular weight excluding hydrogens is 595 g/mol. The van der Waals surface area contributed by atoms with Gasteiger partial charge in [0.15, 0.2) is 0 Å². The number of para-hydroxylation sites is 1. The van der Waals surface area contributed by atoms with Gasteiger partial charge in [-0.2, -0.15) is 13.2 Å². The highest BCUT2D eigenvalue weighted by molar-refractivity contribution is 5.98. The van der Waals surface area contributed by atoms with E-state index in [1.54, 1.807) is 12.1 Å². The number of aromatic nitrogens is 1. The zero-order valence-electron chi connectivity index (χ0n) is 25.0. The van der Waals surface area contributed by atoms with Crippen LogP contribution in [0.2, 0.25) is 0 Å². The zero-order chi connectivity index (χ0) is 32.4. The van der Waals surface area contributed by atoms with Gasteiger partial charge in [-0.25, -0.2) is 0 Å². The fraction of sp³-hybridized carbons (Fsp3) is 0.222. The third-order valence-corrected chi connectivity index (χ3v) is 7.19. The molecule has 7 nitrogen and oxygen atoms in total. The number of carbonyl (C=O) groups is 1. The lowest BCUT2D eigenvalue weighted by Crippen LogP contribution is -2.36. The quantitative estimate of drug-likeness (QED) is 0.141. The maximum atomic E-state index is 12.5. The van der Waals surface area contributed by atoms with Crippen molar-refractivity contribution in [3.8, 4) is 17.2 Å². The van der Waals surface area contributed by atoms with Crippen LogP contribution in [0.5, 0.6) is 17.2 Å². The van der Waals surface area contributed by atoms with Crippen LogP contribution in [0.25, 0.3) is 10.9 Å². The minimum absolute atomic E-state index is 0.0725. The summed E-state index contributed by atoms with van der Waals surface area (Å²) in [6.45, 7) is 0.630. The first-order chi connectivity index (χ1) is 22.2. The van der Waals surface area contributed by atoms with Crippen molar-refractivity contribution in [1.29, 1.82) is 0 Å². The molecule has 10 heteroatoms. The molecule has 1 heterocycles. The molecule has 1 amide bonds. The number of rotatable bonds is 14. The zero-order valence-corrected chi connectivity index (χ0v) is 25.0. The van der Waals surface area contributed by atoms with E-state index in [1.165, 1.54) is 18.3 Å². The normalized spacial score (nSPS) is 12.2. The SMILES string of the molecule is O=C(NCC(F)(F)F)c1ccc2c(Oc3ccc(CCN(Cc4ccccc4)CC(O)COc4ccccc4)cc3)ccnc2c1. The number of nitrogens with one attached hydrogen (secondary N) is 1. The molecular formula is C36H34F3N3O4. The third-order valence-electron chi connectivity index (χ3n) is 7.19. The second kappa shape index (κ2) is 15.4. The molecule has 5 aromatic rings. The fourth-order valence-corrected chi connectivity index (χ4v) is 4.91. The second-order valence-electron chi connectivity index (χ2n) is 10.8. The first-order valence-electron chi connectivity index (χ1n) is 14.8. The average Bonchev–Trinajstić information content (AvgIpc) is 3.06. The predicted molar refractivity (Wildman–Crippen MR) is 170 cm³/mol. The van der Waals surface area contributed by atoms with E-state index in [4.69, 9.17) is 9.47 Å². The highest BCUT2D eigenvalue weighted by Crippen LogP contribution is 2.29. The van der Waals surface area contributed by atoms with Crippen molar-refractivity contribution in [2.45, 2.75) is 25.2 Å². The first-order valence-corrected chi connectivity index (χ1v) is 14.8. The van der Waals surface area contributed by atoms with E-state index in [2.05, 4.69) is 22.0 Å². The summed E-state index contributed by atoms with van der Waals surface area (Å²) in [5.74, 6) is 0.981. The van der Waals surface area contributed by atoms with Crippen LogP contribution in [-0.4, -0.2) is 59.4 Å². The Kier molecular flexibility index (Phi) is 10.9. The van der Waals surface area contributed by atoms with Gasteiger partial charge in [0.25, 0.3) is 5.91 Å². The predicted octanol–water partition coefficient (Wildman–Crippen LogP) is 6.80. The van der Waals surface area contributed by atoms with Crippen LogP contribution in [0, 0.1) is 0 Å². The lowest BCUT2D eigenvalue weighted by molar-refractivity contribution is -0.123. The van der Waals surface area contributed by atoms with E-state index in [-0.39, 0.29) is 12.2 Å². The summed E-state index contributed by atoms with van der Waals surface area (Å²) < 4.78 is 49.3. The molecule has 1 atom stereocenters. The van der Waals surface area contributed by atoms with Crippen molar-refractivity contribution < 1.29 is 32.5 Å². The van der Waals surface area contributed by atoms with E-state index in [9.17, 15) is 23.1 Å². The van der Waals surface area contributed by atoms with Gasteiger partial charge in [-0.05, 0) is 66.1 Å². The number of aliphatic hydroxyl groups excluding tert-OH is 1. The molecule has 4 aromatic carbocycles. The Hall–Kier alpha value is -4.93. The van der Waals surface area contributed by atoms with Crippen LogP contribution >= 0.6 is 0 Å². The monoisotopic (exact) mass is 629 g/mol. The van der Waals surface area contributed by atoms with Crippen molar-refractivity contribution in [3.63, 3.8) is 0 Å². The van der Waals surface area contributed by atoms with Crippen molar-refractivity contribution in [1.82, 2.24) is 15.2 Å². The van der Waals surface area contributed by atoms with Crippen LogP contribution in [0.1, 0.15) is 21.5 Å². The van der Waals surface area contributed by atoms with Gasteiger partial charge >= 0.3 is 6.18 Å². The number of fused-ring (bicyclic) bond motifs is 1. The van der Waals surface area contributed by atoms with Crippen molar-refractivity contribution in [2.75, 3.05) is 26.2 Å². The van der Waals surface area contributed by atoms with Gasteiger partial charge in [0, 0.05) is 36.8 Å². The molecule has 46 heavy (non-hydrogen) atoms. The number of hydrogen-bond donors (Lipinski definition) is 2. The standard InChI is InChI=1S/C36H34F3N3O4/c37-36(38,39)25-41-35(44)28-13-16-32-33(21-28)40-19-17-34(32)46-31-14-11-26(12-15-31)18-20-42(22-27-7-3-1-4-8-27)23-29(43)24-45-30-9-5-2-6-10-30/h1-17,19,21,29,43H,18,20,22-25H2,(H,41,44). The van der Waals surface area contributed by atoms with Gasteiger partial charge in [0.1, 0.15) is 36.5 Å². The number of pyridine rings is 1. The maximum absolute atomic E-state index is 12.5. The lowest BCUT2D eigenvalue weighted by Gasteiger charge is -2.25. The van der Waals surface area contributed by atoms with E-state index < -0.39 is 24.7 Å². The number of amides is 1. The number of ether oxygens (including phenoxy) is 2. The maximum Gasteiger partial charge on any atom is 0.405 e. The molecule has 238 valence electrons. The first kappa shape index (κ1) is 32.5. The third kappa shape index (κ3) is 9.79. The molecule has 0 aliphatic heterocycles. The number of aliphatic hydroxyl groups is 1. The van der Waals surface area contributed by atoms with Gasteiger partial charge in [-0.15, -0.1) is 0 Å². The van der Waals surface area contributed by atoms with Crippen molar-refractivity contribution in [2.24, 2.45) is 0 Å². The van der Waals surface area contributed by atoms with Gasteiger partial charge in [0.2, 0.25) is 0 Å². The van der Waals surface area contributed by atoms with Crippen LogP contribution in [0.15, 0.2) is 115 Å².